The highest BCUT2D eigenvalue weighted by Crippen LogP contribution is 2.37. The second-order valence-electron chi connectivity index (χ2n) is 13.9. The molecule has 0 unspecified atom stereocenters. The standard InChI is InChI=1S/C17H17Cl2NO2.C15H15NO.C13H7Cl4NO/c1-17(2,3)11-4-5-15(21)10(6-11)9-20-14-8-12(18)7-13(19)16(14)22;1-11-7-8-14(12(2)9-11)16-10-13-5-3-4-6-15(13)17;14-8-1-7(13(19)12(17)5-8)6-18-11-3-9(15)2-10(16)4-11/h4-9,21-22H,1-3H3;3-10,17H,1-2H3;1-6,19H. The van der Waals surface area contributed by atoms with Crippen molar-refractivity contribution in [1.29, 1.82) is 0 Å². The van der Waals surface area contributed by atoms with Crippen LogP contribution in [-0.2, 0) is 5.41 Å². The summed E-state index contributed by atoms with van der Waals surface area (Å²) in [5.41, 5.74) is 6.83. The van der Waals surface area contributed by atoms with Crippen LogP contribution in [0, 0.1) is 13.8 Å². The molecular weight excluding hydrogens is 859 g/mol. The highest BCUT2D eigenvalue weighted by Gasteiger charge is 2.15. The van der Waals surface area contributed by atoms with Crippen LogP contribution in [0.3, 0.4) is 0 Å². The molecule has 0 aliphatic carbocycles. The number of hydrogen-bond donors (Lipinski definition) is 4. The van der Waals surface area contributed by atoms with E-state index in [9.17, 15) is 20.4 Å². The Morgan fingerprint density at radius 3 is 1.67 bits per heavy atom. The minimum Gasteiger partial charge on any atom is -0.507 e. The minimum absolute atomic E-state index is 0.0439. The van der Waals surface area contributed by atoms with Crippen molar-refractivity contribution in [2.75, 3.05) is 0 Å². The number of nitrogens with zero attached hydrogens (tertiary/aromatic N) is 3. The lowest BCUT2D eigenvalue weighted by molar-refractivity contribution is 0.472. The van der Waals surface area contributed by atoms with E-state index >= 15 is 0 Å². The van der Waals surface area contributed by atoms with Crippen LogP contribution in [0.15, 0.2) is 118 Å². The first-order chi connectivity index (χ1) is 27.3. The van der Waals surface area contributed by atoms with Crippen molar-refractivity contribution in [3.63, 3.8) is 0 Å². The SMILES string of the molecule is CC(C)(C)c1ccc(O)c(C=Nc2cc(Cl)cc(Cl)c2O)c1.Cc1ccc(N=Cc2ccccc2O)c(C)c1.Oc1c(Cl)cc(Cl)cc1C=Nc1cc(Cl)cc(Cl)c1. The average molecular weight is 899 g/mol. The van der Waals surface area contributed by atoms with Crippen LogP contribution < -0.4 is 0 Å². The third kappa shape index (κ3) is 13.7. The molecule has 0 aliphatic rings. The van der Waals surface area contributed by atoms with Crippen LogP contribution in [0.4, 0.5) is 17.1 Å². The van der Waals surface area contributed by atoms with Gasteiger partial charge in [0.15, 0.2) is 5.75 Å². The molecule has 0 bridgehead atoms. The first-order valence-electron chi connectivity index (χ1n) is 17.4. The van der Waals surface area contributed by atoms with Crippen LogP contribution >= 0.6 is 69.6 Å². The molecule has 0 amide bonds. The lowest BCUT2D eigenvalue weighted by Gasteiger charge is -2.19. The van der Waals surface area contributed by atoms with Gasteiger partial charge in [0, 0.05) is 55.4 Å². The Bertz CT molecular complexity index is 2480. The molecule has 58 heavy (non-hydrogen) atoms. The van der Waals surface area contributed by atoms with Gasteiger partial charge in [-0.2, -0.15) is 0 Å². The number of phenols is 4. The quantitative estimate of drug-likeness (QED) is 0.125. The van der Waals surface area contributed by atoms with Crippen molar-refractivity contribution < 1.29 is 20.4 Å². The summed E-state index contributed by atoms with van der Waals surface area (Å²) in [5, 5.41) is 41.3. The van der Waals surface area contributed by atoms with Crippen LogP contribution in [0.25, 0.3) is 0 Å². The molecule has 0 aromatic heterocycles. The lowest BCUT2D eigenvalue weighted by atomic mass is 9.86. The van der Waals surface area contributed by atoms with Crippen molar-refractivity contribution in [1.82, 2.24) is 0 Å². The molecule has 0 saturated heterocycles. The van der Waals surface area contributed by atoms with Gasteiger partial charge < -0.3 is 20.4 Å². The van der Waals surface area contributed by atoms with Crippen molar-refractivity contribution in [3.8, 4) is 23.0 Å². The molecule has 0 atom stereocenters. The molecule has 6 aromatic rings. The Labute approximate surface area is 368 Å². The van der Waals surface area contributed by atoms with E-state index in [1.807, 2.05) is 43.3 Å². The van der Waals surface area contributed by atoms with Gasteiger partial charge in [0.25, 0.3) is 0 Å². The fraction of sp³-hybridized carbons (Fsp3) is 0.133. The number of phenolic OH excluding ortho intramolecular Hbond substituents is 4. The van der Waals surface area contributed by atoms with Crippen LogP contribution in [0.5, 0.6) is 23.0 Å². The largest absolute Gasteiger partial charge is 0.507 e. The number of aliphatic imine (C=N–C) groups is 3. The molecule has 4 N–H and O–H groups in total. The molecule has 6 aromatic carbocycles. The second kappa shape index (κ2) is 20.8. The molecule has 300 valence electrons. The van der Waals surface area contributed by atoms with Gasteiger partial charge in [-0.05, 0) is 103 Å². The summed E-state index contributed by atoms with van der Waals surface area (Å²) in [4.78, 5) is 12.7. The van der Waals surface area contributed by atoms with E-state index in [0.29, 0.717) is 36.9 Å². The molecular formula is C45H39Cl6N3O4. The number of rotatable bonds is 6. The Kier molecular flexibility index (Phi) is 16.5. The summed E-state index contributed by atoms with van der Waals surface area (Å²) in [6, 6.07) is 29.5. The maximum atomic E-state index is 9.95. The monoisotopic (exact) mass is 895 g/mol. The molecule has 6 rings (SSSR count). The van der Waals surface area contributed by atoms with E-state index in [2.05, 4.69) is 48.7 Å². The van der Waals surface area contributed by atoms with E-state index in [0.717, 1.165) is 22.4 Å². The van der Waals surface area contributed by atoms with Gasteiger partial charge in [0.2, 0.25) is 0 Å². The van der Waals surface area contributed by atoms with E-state index in [1.165, 1.54) is 36.2 Å². The van der Waals surface area contributed by atoms with E-state index in [4.69, 9.17) is 69.6 Å². The summed E-state index contributed by atoms with van der Waals surface area (Å²) in [6.07, 6.45) is 4.61. The fourth-order valence-corrected chi connectivity index (χ4v) is 6.55. The summed E-state index contributed by atoms with van der Waals surface area (Å²) in [5.74, 6) is 0.141. The third-order valence-corrected chi connectivity index (χ3v) is 9.58. The first-order valence-corrected chi connectivity index (χ1v) is 19.7. The highest BCUT2D eigenvalue weighted by atomic mass is 35.5. The minimum atomic E-state index is -0.145. The smallest absolute Gasteiger partial charge is 0.160 e. The topological polar surface area (TPSA) is 118 Å². The highest BCUT2D eigenvalue weighted by molar-refractivity contribution is 6.37. The Balaban J connectivity index is 0.000000194. The molecule has 7 nitrogen and oxygen atoms in total. The molecule has 0 heterocycles. The average Bonchev–Trinajstić information content (AvgIpc) is 3.14. The second-order valence-corrected chi connectivity index (χ2v) is 16.4. The zero-order chi connectivity index (χ0) is 42.7. The van der Waals surface area contributed by atoms with Crippen molar-refractivity contribution in [2.45, 2.75) is 40.0 Å². The number of aromatic hydroxyl groups is 4. The van der Waals surface area contributed by atoms with Gasteiger partial charge in [-0.15, -0.1) is 0 Å². The number of benzene rings is 6. The number of aryl methyl sites for hydroxylation is 2. The van der Waals surface area contributed by atoms with Crippen molar-refractivity contribution >= 4 is 105 Å². The molecule has 0 aliphatic heterocycles. The van der Waals surface area contributed by atoms with Gasteiger partial charge in [-0.25, -0.2) is 0 Å². The number of hydrogen-bond acceptors (Lipinski definition) is 7. The summed E-state index contributed by atoms with van der Waals surface area (Å²) < 4.78 is 0. The molecule has 0 spiro atoms. The van der Waals surface area contributed by atoms with Crippen LogP contribution in [0.2, 0.25) is 30.1 Å². The van der Waals surface area contributed by atoms with Crippen molar-refractivity contribution in [2.24, 2.45) is 15.0 Å². The van der Waals surface area contributed by atoms with Crippen molar-refractivity contribution in [3.05, 3.63) is 167 Å². The van der Waals surface area contributed by atoms with E-state index < -0.39 is 0 Å². The predicted molar refractivity (Wildman–Crippen MR) is 245 cm³/mol. The number of para-hydroxylation sites is 1. The lowest BCUT2D eigenvalue weighted by Crippen LogP contribution is -2.11. The molecule has 0 radical (unpaired) electrons. The van der Waals surface area contributed by atoms with E-state index in [-0.39, 0.29) is 44.1 Å². The molecule has 0 saturated carbocycles. The zero-order valence-corrected chi connectivity index (χ0v) is 36.5. The fourth-order valence-electron chi connectivity index (χ4n) is 5.04. The Morgan fingerprint density at radius 2 is 1.03 bits per heavy atom. The molecule has 0 fully saturated rings. The van der Waals surface area contributed by atoms with Gasteiger partial charge in [0.05, 0.1) is 21.4 Å². The third-order valence-electron chi connectivity index (χ3n) is 8.13. The summed E-state index contributed by atoms with van der Waals surface area (Å²) >= 11 is 35.2. The number of halogens is 6. The summed E-state index contributed by atoms with van der Waals surface area (Å²) in [7, 11) is 0. The van der Waals surface area contributed by atoms with Gasteiger partial charge in [-0.1, -0.05) is 126 Å². The van der Waals surface area contributed by atoms with Gasteiger partial charge in [-0.3, -0.25) is 15.0 Å². The molecule has 13 heteroatoms. The van der Waals surface area contributed by atoms with Crippen LogP contribution in [0.1, 0.15) is 54.2 Å². The summed E-state index contributed by atoms with van der Waals surface area (Å²) in [6.45, 7) is 10.3. The Hall–Kier alpha value is -4.73. The maximum absolute atomic E-state index is 9.95. The normalized spacial score (nSPS) is 11.4. The Morgan fingerprint density at radius 1 is 0.483 bits per heavy atom. The van der Waals surface area contributed by atoms with Gasteiger partial charge in [0.1, 0.15) is 22.9 Å². The van der Waals surface area contributed by atoms with Crippen LogP contribution in [-0.4, -0.2) is 39.1 Å². The van der Waals surface area contributed by atoms with Gasteiger partial charge >= 0.3 is 0 Å². The van der Waals surface area contributed by atoms with E-state index in [1.54, 1.807) is 48.7 Å². The maximum Gasteiger partial charge on any atom is 0.160 e. The zero-order valence-electron chi connectivity index (χ0n) is 31.9. The predicted octanol–water partition coefficient (Wildman–Crippen LogP) is 15.0. The first kappa shape index (κ1) is 46.0.